The quantitative estimate of drug-likeness (QED) is 0.199. The number of ether oxygens (including phenoxy) is 7. The van der Waals surface area contributed by atoms with Crippen LogP contribution < -0.4 is 0 Å². The van der Waals surface area contributed by atoms with Crippen LogP contribution in [0.25, 0.3) is 0 Å². The van der Waals surface area contributed by atoms with Crippen molar-refractivity contribution >= 4 is 29.8 Å². The Balaban J connectivity index is 1.82. The summed E-state index contributed by atoms with van der Waals surface area (Å²) in [5.41, 5.74) is -5.34. The fraction of sp³-hybridized carbons (Fsp3) is 0.767. The van der Waals surface area contributed by atoms with E-state index in [4.69, 9.17) is 33.2 Å². The molecule has 1 N–H and O–H groups in total. The molecule has 0 bridgehead atoms. The third kappa shape index (κ3) is 4.57. The molecule has 1 spiro atoms. The molecule has 5 aliphatic rings. The minimum atomic E-state index is -1.65. The number of rotatable bonds is 6. The summed E-state index contributed by atoms with van der Waals surface area (Å²) < 4.78 is 41.9. The molecular formula is C30H40O13. The molecule has 0 aromatic heterocycles. The van der Waals surface area contributed by atoms with E-state index >= 15 is 0 Å². The van der Waals surface area contributed by atoms with Gasteiger partial charge >= 0.3 is 29.8 Å². The minimum Gasteiger partial charge on any atom is -0.459 e. The van der Waals surface area contributed by atoms with Crippen molar-refractivity contribution < 1.29 is 62.2 Å². The molecule has 4 fully saturated rings. The predicted molar refractivity (Wildman–Crippen MR) is 143 cm³/mol. The highest BCUT2D eigenvalue weighted by Crippen LogP contribution is 2.69. The molecule has 5 rings (SSSR count). The van der Waals surface area contributed by atoms with Crippen LogP contribution in [0.4, 0.5) is 0 Å². The molecule has 238 valence electrons. The van der Waals surface area contributed by atoms with E-state index in [0.717, 1.165) is 0 Å². The van der Waals surface area contributed by atoms with E-state index in [-0.39, 0.29) is 12.8 Å². The molecule has 2 aliphatic carbocycles. The van der Waals surface area contributed by atoms with E-state index in [9.17, 15) is 29.1 Å². The van der Waals surface area contributed by atoms with E-state index in [1.54, 1.807) is 33.8 Å². The van der Waals surface area contributed by atoms with E-state index in [2.05, 4.69) is 0 Å². The van der Waals surface area contributed by atoms with Crippen LogP contribution >= 0.6 is 0 Å². The fourth-order valence-corrected chi connectivity index (χ4v) is 8.02. The standard InChI is InChI=1S/C30H40O13/c1-9-10-19(34)40-17-11-13(2)12-18-30(29(8,43-30)26(36)41-18)25(39-16(5)33)21-27(6,22(17)37-14(3)31)23(38-15(4)32)20(35)24-28(21,7)42-24/h12,17-18,20-25,35H,9-11H2,1-8H3/b13-12-/t17?,18-,20-,21+,22-,23-,24-,25-,27-,28+,29-,30-/m0/s1. The van der Waals surface area contributed by atoms with E-state index in [0.29, 0.717) is 12.0 Å². The highest BCUT2D eigenvalue weighted by Gasteiger charge is 2.90. The summed E-state index contributed by atoms with van der Waals surface area (Å²) >= 11 is 0. The summed E-state index contributed by atoms with van der Waals surface area (Å²) in [6.45, 7) is 12.0. The van der Waals surface area contributed by atoms with Gasteiger partial charge in [0.05, 0.1) is 5.41 Å². The van der Waals surface area contributed by atoms with Gasteiger partial charge in [0.15, 0.2) is 17.3 Å². The molecule has 1 unspecified atom stereocenters. The smallest absolute Gasteiger partial charge is 0.342 e. The summed E-state index contributed by atoms with van der Waals surface area (Å²) in [4.78, 5) is 64.2. The molecule has 0 amide bonds. The Labute approximate surface area is 249 Å². The van der Waals surface area contributed by atoms with Crippen molar-refractivity contribution in [3.8, 4) is 0 Å². The molecule has 43 heavy (non-hydrogen) atoms. The topological polar surface area (TPSA) is 177 Å². The average Bonchev–Trinajstić information content (AvgIpc) is 3.73. The maximum Gasteiger partial charge on any atom is 0.342 e. The number of carbonyl (C=O) groups is 5. The summed E-state index contributed by atoms with van der Waals surface area (Å²) in [6.07, 6.45) is -6.24. The second-order valence-corrected chi connectivity index (χ2v) is 12.9. The second-order valence-electron chi connectivity index (χ2n) is 12.9. The fourth-order valence-electron chi connectivity index (χ4n) is 8.02. The van der Waals surface area contributed by atoms with Crippen LogP contribution in [-0.4, -0.2) is 94.5 Å². The summed E-state index contributed by atoms with van der Waals surface area (Å²) in [5, 5.41) is 11.6. The van der Waals surface area contributed by atoms with E-state index in [1.165, 1.54) is 20.8 Å². The third-order valence-electron chi connectivity index (χ3n) is 9.78. The van der Waals surface area contributed by atoms with Crippen molar-refractivity contribution in [2.45, 2.75) is 134 Å². The lowest BCUT2D eigenvalue weighted by Gasteiger charge is -2.55. The van der Waals surface area contributed by atoms with Crippen molar-refractivity contribution in [1.82, 2.24) is 0 Å². The molecule has 0 aromatic rings. The molecule has 3 heterocycles. The predicted octanol–water partition coefficient (Wildman–Crippen LogP) is 1.45. The molecule has 1 saturated carbocycles. The molecule has 12 atom stereocenters. The van der Waals surface area contributed by atoms with Gasteiger partial charge in [-0.15, -0.1) is 0 Å². The maximum atomic E-state index is 13.2. The normalized spacial score (nSPS) is 47.1. The number of epoxide rings is 2. The number of hydrogen-bond acceptors (Lipinski definition) is 13. The zero-order valence-corrected chi connectivity index (χ0v) is 25.7. The molecule has 13 nitrogen and oxygen atoms in total. The van der Waals surface area contributed by atoms with Crippen molar-refractivity contribution in [3.05, 3.63) is 11.6 Å². The molecular weight excluding hydrogens is 568 g/mol. The number of hydrogen-bond donors (Lipinski definition) is 1. The van der Waals surface area contributed by atoms with Gasteiger partial charge in [0.2, 0.25) is 0 Å². The Bertz CT molecular complexity index is 1280. The first-order chi connectivity index (χ1) is 20.0. The van der Waals surface area contributed by atoms with Crippen LogP contribution in [0.1, 0.15) is 74.7 Å². The van der Waals surface area contributed by atoms with Gasteiger partial charge in [-0.1, -0.05) is 19.4 Å². The zero-order chi connectivity index (χ0) is 31.9. The van der Waals surface area contributed by atoms with Gasteiger partial charge in [-0.3, -0.25) is 19.2 Å². The van der Waals surface area contributed by atoms with Gasteiger partial charge in [-0.05, 0) is 33.3 Å². The highest BCUT2D eigenvalue weighted by molar-refractivity contribution is 5.89. The summed E-state index contributed by atoms with van der Waals surface area (Å²) in [7, 11) is 0. The largest absolute Gasteiger partial charge is 0.459 e. The van der Waals surface area contributed by atoms with Gasteiger partial charge in [0.1, 0.15) is 42.2 Å². The van der Waals surface area contributed by atoms with E-state index in [1.807, 2.05) is 6.92 Å². The first-order valence-electron chi connectivity index (χ1n) is 14.6. The number of carbonyl (C=O) groups excluding carboxylic acids is 5. The lowest BCUT2D eigenvalue weighted by atomic mass is 9.52. The lowest BCUT2D eigenvalue weighted by molar-refractivity contribution is -0.242. The average molecular weight is 609 g/mol. The Kier molecular flexibility index (Phi) is 7.50. The molecule has 13 heteroatoms. The Morgan fingerprint density at radius 1 is 0.953 bits per heavy atom. The maximum absolute atomic E-state index is 13.2. The summed E-state index contributed by atoms with van der Waals surface area (Å²) in [6, 6.07) is 0. The van der Waals surface area contributed by atoms with Gasteiger partial charge < -0.3 is 38.3 Å². The number of aliphatic hydroxyl groups excluding tert-OH is 1. The van der Waals surface area contributed by atoms with Crippen LogP contribution in [0.5, 0.6) is 0 Å². The highest BCUT2D eigenvalue weighted by atomic mass is 16.7. The first-order valence-corrected chi connectivity index (χ1v) is 14.6. The summed E-state index contributed by atoms with van der Waals surface area (Å²) in [5.74, 6) is -4.44. The van der Waals surface area contributed by atoms with Crippen LogP contribution in [-0.2, 0) is 57.1 Å². The van der Waals surface area contributed by atoms with Gasteiger partial charge in [-0.2, -0.15) is 0 Å². The van der Waals surface area contributed by atoms with Gasteiger partial charge in [0.25, 0.3) is 0 Å². The van der Waals surface area contributed by atoms with Crippen molar-refractivity contribution in [3.63, 3.8) is 0 Å². The first kappa shape index (κ1) is 31.4. The Hall–Kier alpha value is -3.03. The van der Waals surface area contributed by atoms with Gasteiger partial charge in [-0.25, -0.2) is 4.79 Å². The second kappa shape index (κ2) is 10.3. The Morgan fingerprint density at radius 3 is 2.09 bits per heavy atom. The Morgan fingerprint density at radius 2 is 1.53 bits per heavy atom. The minimum absolute atomic E-state index is 0.0265. The number of esters is 5. The zero-order valence-electron chi connectivity index (χ0n) is 25.7. The molecule has 3 saturated heterocycles. The molecule has 0 radical (unpaired) electrons. The monoisotopic (exact) mass is 608 g/mol. The lowest BCUT2D eigenvalue weighted by Crippen LogP contribution is -2.71. The number of aliphatic hydroxyl groups is 1. The third-order valence-corrected chi connectivity index (χ3v) is 9.78. The SMILES string of the molecule is CCCC(=O)OC1C/C(C)=C\[C@@H]2OC(=O)[C@]3(C)O[C@]23[C@@H](OC(C)=O)[C@H]2[C@@]3(C)O[C@H]3[C@@H](O)[C@H](OC(C)=O)[C@]2(C)[C@H]1OC(C)=O. The van der Waals surface area contributed by atoms with Crippen LogP contribution in [0, 0.1) is 11.3 Å². The van der Waals surface area contributed by atoms with Crippen molar-refractivity contribution in [2.24, 2.45) is 11.3 Å². The van der Waals surface area contributed by atoms with Crippen molar-refractivity contribution in [1.29, 1.82) is 0 Å². The van der Waals surface area contributed by atoms with Crippen LogP contribution in [0.2, 0.25) is 0 Å². The molecule has 0 aromatic carbocycles. The van der Waals surface area contributed by atoms with Crippen molar-refractivity contribution in [2.75, 3.05) is 0 Å². The van der Waals surface area contributed by atoms with Crippen LogP contribution in [0.15, 0.2) is 11.6 Å². The van der Waals surface area contributed by atoms with E-state index < -0.39 is 101 Å². The number of fused-ring (bicyclic) bond motifs is 3. The van der Waals surface area contributed by atoms with Gasteiger partial charge in [0, 0.05) is 39.5 Å². The molecule has 3 aliphatic heterocycles. The van der Waals surface area contributed by atoms with Crippen LogP contribution in [0.3, 0.4) is 0 Å².